The van der Waals surface area contributed by atoms with Gasteiger partial charge in [0.05, 0.1) is 30.4 Å². The van der Waals surface area contributed by atoms with E-state index in [1.54, 1.807) is 18.2 Å². The summed E-state index contributed by atoms with van der Waals surface area (Å²) in [4.78, 5) is 22.8. The quantitative estimate of drug-likeness (QED) is 0.304. The van der Waals surface area contributed by atoms with E-state index < -0.39 is 0 Å². The van der Waals surface area contributed by atoms with Gasteiger partial charge in [-0.2, -0.15) is 0 Å². The first-order valence-corrected chi connectivity index (χ1v) is 14.0. The number of halogens is 1. The molecule has 2 bridgehead atoms. The van der Waals surface area contributed by atoms with E-state index in [2.05, 4.69) is 50.2 Å². The number of benzene rings is 2. The number of nitrogens with one attached hydrogen (secondary N) is 2. The third-order valence-corrected chi connectivity index (χ3v) is 9.00. The summed E-state index contributed by atoms with van der Waals surface area (Å²) in [6.45, 7) is 11.7. The predicted octanol–water partition coefficient (Wildman–Crippen LogP) is 5.62. The Kier molecular flexibility index (Phi) is 7.40. The molecule has 2 N–H and O–H groups in total. The Hall–Kier alpha value is -3.42. The lowest BCUT2D eigenvalue weighted by atomic mass is 9.45. The van der Waals surface area contributed by atoms with E-state index in [-0.39, 0.29) is 23.5 Å². The predicted molar refractivity (Wildman–Crippen MR) is 155 cm³/mol. The van der Waals surface area contributed by atoms with E-state index >= 15 is 0 Å². The summed E-state index contributed by atoms with van der Waals surface area (Å²) in [5.74, 6) is 2.88. The van der Waals surface area contributed by atoms with Crippen LogP contribution in [0.1, 0.15) is 53.0 Å². The standard InChI is InChI=1S/C31H40FN5O2/c1-18(2)34-30(36-27-14-21-13-25(19(27)3)31(21,4)5)35-22-8-10-24-28(15-22)33-17-37(29(24)38)12-11-20-7-9-23(39-6)16-26(20)32/h7-10,15-19,21,25,27H,11-14H2,1-6H3,(H2,34,35,36). The highest BCUT2D eigenvalue weighted by atomic mass is 19.1. The molecule has 0 radical (unpaired) electrons. The van der Waals surface area contributed by atoms with Gasteiger partial charge in [0, 0.05) is 24.3 Å². The molecule has 4 unspecified atom stereocenters. The summed E-state index contributed by atoms with van der Waals surface area (Å²) in [6.07, 6.45) is 4.36. The van der Waals surface area contributed by atoms with Gasteiger partial charge in [-0.1, -0.05) is 26.8 Å². The van der Waals surface area contributed by atoms with Gasteiger partial charge in [0.25, 0.3) is 5.56 Å². The van der Waals surface area contributed by atoms with Gasteiger partial charge in [-0.15, -0.1) is 0 Å². The van der Waals surface area contributed by atoms with Crippen molar-refractivity contribution in [2.75, 3.05) is 12.4 Å². The maximum atomic E-state index is 14.3. The van der Waals surface area contributed by atoms with Crippen LogP contribution in [0, 0.1) is 29.0 Å². The Morgan fingerprint density at radius 2 is 2.03 bits per heavy atom. The summed E-state index contributed by atoms with van der Waals surface area (Å²) < 4.78 is 20.9. The molecule has 0 spiro atoms. The van der Waals surface area contributed by atoms with Crippen molar-refractivity contribution < 1.29 is 9.13 Å². The fourth-order valence-electron chi connectivity index (χ4n) is 6.47. The minimum absolute atomic E-state index is 0.146. The molecule has 39 heavy (non-hydrogen) atoms. The number of aromatic nitrogens is 2. The zero-order chi connectivity index (χ0) is 27.9. The lowest BCUT2D eigenvalue weighted by Gasteiger charge is -2.61. The molecule has 1 aromatic heterocycles. The third-order valence-electron chi connectivity index (χ3n) is 9.00. The van der Waals surface area contributed by atoms with Crippen LogP contribution in [-0.4, -0.2) is 34.7 Å². The Morgan fingerprint density at radius 3 is 2.69 bits per heavy atom. The van der Waals surface area contributed by atoms with E-state index in [4.69, 9.17) is 9.73 Å². The van der Waals surface area contributed by atoms with Crippen molar-refractivity contribution in [2.24, 2.45) is 28.2 Å². The van der Waals surface area contributed by atoms with Gasteiger partial charge in [0.1, 0.15) is 11.6 Å². The van der Waals surface area contributed by atoms with Crippen molar-refractivity contribution in [2.45, 2.75) is 72.5 Å². The number of nitrogens with zero attached hydrogens (tertiary/aromatic N) is 3. The second-order valence-electron chi connectivity index (χ2n) is 12.1. The molecule has 6 rings (SSSR count). The molecule has 1 heterocycles. The molecule has 2 aromatic carbocycles. The SMILES string of the molecule is COc1ccc(CCn2cnc3cc(NC(=NC4CC5CC(C4C)C5(C)C)NC(C)C)ccc3c2=O)c(F)c1. The van der Waals surface area contributed by atoms with Gasteiger partial charge >= 0.3 is 0 Å². The molecule has 0 saturated heterocycles. The third kappa shape index (κ3) is 5.38. The van der Waals surface area contributed by atoms with Gasteiger partial charge in [-0.05, 0) is 86.1 Å². The van der Waals surface area contributed by atoms with Crippen molar-refractivity contribution in [1.29, 1.82) is 0 Å². The highest BCUT2D eigenvalue weighted by Gasteiger charge is 2.56. The van der Waals surface area contributed by atoms with E-state index in [1.165, 1.54) is 30.5 Å². The fraction of sp³-hybridized carbons (Fsp3) is 0.516. The van der Waals surface area contributed by atoms with Crippen LogP contribution in [0.15, 0.2) is 52.5 Å². The molecule has 3 fully saturated rings. The largest absolute Gasteiger partial charge is 0.497 e. The summed E-state index contributed by atoms with van der Waals surface area (Å²) in [5, 5.41) is 7.45. The number of hydrogen-bond donors (Lipinski definition) is 2. The van der Waals surface area contributed by atoms with Crippen LogP contribution in [0.2, 0.25) is 0 Å². The monoisotopic (exact) mass is 533 g/mol. The first kappa shape index (κ1) is 27.2. The van der Waals surface area contributed by atoms with Gasteiger partial charge in [-0.25, -0.2) is 14.4 Å². The second kappa shape index (κ2) is 10.6. The van der Waals surface area contributed by atoms with Crippen LogP contribution in [0.5, 0.6) is 5.75 Å². The molecule has 3 aliphatic carbocycles. The van der Waals surface area contributed by atoms with Gasteiger partial charge in [0.15, 0.2) is 5.96 Å². The lowest BCUT2D eigenvalue weighted by molar-refractivity contribution is -0.108. The van der Waals surface area contributed by atoms with Crippen LogP contribution in [-0.2, 0) is 13.0 Å². The highest BCUT2D eigenvalue weighted by Crippen LogP contribution is 2.61. The minimum atomic E-state index is -0.345. The number of methoxy groups -OCH3 is 1. The highest BCUT2D eigenvalue weighted by molar-refractivity contribution is 5.95. The molecular weight excluding hydrogens is 493 g/mol. The summed E-state index contributed by atoms with van der Waals surface area (Å²) in [6, 6.07) is 10.8. The Labute approximate surface area is 229 Å². The Balaban J connectivity index is 1.32. The number of rotatable bonds is 7. The number of guanidine groups is 1. The van der Waals surface area contributed by atoms with Crippen molar-refractivity contribution in [3.63, 3.8) is 0 Å². The van der Waals surface area contributed by atoms with Crippen LogP contribution in [0.4, 0.5) is 10.1 Å². The second-order valence-corrected chi connectivity index (χ2v) is 12.1. The average molecular weight is 534 g/mol. The molecular formula is C31H40FN5O2. The number of aryl methyl sites for hydroxylation is 2. The average Bonchev–Trinajstić information content (AvgIpc) is 2.89. The first-order valence-electron chi connectivity index (χ1n) is 14.0. The molecule has 0 aliphatic heterocycles. The molecule has 7 nitrogen and oxygen atoms in total. The van der Waals surface area contributed by atoms with Crippen molar-refractivity contribution in [1.82, 2.24) is 14.9 Å². The number of hydrogen-bond acceptors (Lipinski definition) is 4. The van der Waals surface area contributed by atoms with Gasteiger partial charge in [-0.3, -0.25) is 9.36 Å². The number of fused-ring (bicyclic) bond motifs is 3. The molecule has 208 valence electrons. The Morgan fingerprint density at radius 1 is 1.23 bits per heavy atom. The zero-order valence-electron chi connectivity index (χ0n) is 23.8. The van der Waals surface area contributed by atoms with E-state index in [0.29, 0.717) is 46.5 Å². The zero-order valence-corrected chi connectivity index (χ0v) is 23.8. The van der Waals surface area contributed by atoms with Crippen LogP contribution in [0.3, 0.4) is 0 Å². The molecule has 3 aliphatic rings. The van der Waals surface area contributed by atoms with Crippen molar-refractivity contribution in [3.05, 3.63) is 64.5 Å². The number of aliphatic imine (C=N–C) groups is 1. The number of ether oxygens (including phenoxy) is 1. The maximum Gasteiger partial charge on any atom is 0.261 e. The van der Waals surface area contributed by atoms with Gasteiger partial charge in [0.2, 0.25) is 0 Å². The molecule has 8 heteroatoms. The van der Waals surface area contributed by atoms with Crippen molar-refractivity contribution >= 4 is 22.5 Å². The van der Waals surface area contributed by atoms with E-state index in [0.717, 1.165) is 29.9 Å². The fourth-order valence-corrected chi connectivity index (χ4v) is 6.47. The van der Waals surface area contributed by atoms with E-state index in [9.17, 15) is 9.18 Å². The maximum absolute atomic E-state index is 14.3. The molecule has 0 amide bonds. The summed E-state index contributed by atoms with van der Waals surface area (Å²) in [7, 11) is 1.50. The normalized spacial score (nSPS) is 23.9. The van der Waals surface area contributed by atoms with Crippen LogP contribution >= 0.6 is 0 Å². The molecule has 3 saturated carbocycles. The molecule has 3 aromatic rings. The van der Waals surface area contributed by atoms with Crippen LogP contribution in [0.25, 0.3) is 10.9 Å². The van der Waals surface area contributed by atoms with Crippen LogP contribution < -0.4 is 20.9 Å². The summed E-state index contributed by atoms with van der Waals surface area (Å²) >= 11 is 0. The summed E-state index contributed by atoms with van der Waals surface area (Å²) in [5.41, 5.74) is 2.24. The van der Waals surface area contributed by atoms with Crippen molar-refractivity contribution in [3.8, 4) is 5.75 Å². The van der Waals surface area contributed by atoms with E-state index in [1.807, 2.05) is 12.1 Å². The number of anilines is 1. The topological polar surface area (TPSA) is 80.5 Å². The van der Waals surface area contributed by atoms with Gasteiger partial charge < -0.3 is 15.4 Å². The Bertz CT molecular complexity index is 1450. The minimum Gasteiger partial charge on any atom is -0.497 e. The molecule has 4 atom stereocenters. The smallest absolute Gasteiger partial charge is 0.261 e. The first-order chi connectivity index (χ1) is 18.6. The lowest BCUT2D eigenvalue weighted by Crippen LogP contribution is -2.56.